The van der Waals surface area contributed by atoms with Crippen molar-refractivity contribution >= 4 is 5.97 Å². The van der Waals surface area contributed by atoms with E-state index in [1.165, 1.54) is 0 Å². The molecule has 0 aliphatic heterocycles. The summed E-state index contributed by atoms with van der Waals surface area (Å²) >= 11 is 0. The molecular formula is C21H21NO3. The van der Waals surface area contributed by atoms with Crippen LogP contribution in [0.1, 0.15) is 27.3 Å². The quantitative estimate of drug-likeness (QED) is 0.646. The van der Waals surface area contributed by atoms with Crippen LogP contribution in [0.3, 0.4) is 0 Å². The predicted octanol–water partition coefficient (Wildman–Crippen LogP) is 4.46. The minimum atomic E-state index is -0.330. The highest BCUT2D eigenvalue weighted by Gasteiger charge is 2.09. The fourth-order valence-electron chi connectivity index (χ4n) is 2.78. The van der Waals surface area contributed by atoms with Gasteiger partial charge in [0, 0.05) is 17.1 Å². The van der Waals surface area contributed by atoms with Gasteiger partial charge in [0.25, 0.3) is 0 Å². The Labute approximate surface area is 147 Å². The lowest BCUT2D eigenvalue weighted by molar-refractivity contribution is 0.0472. The first-order valence-corrected chi connectivity index (χ1v) is 8.14. The van der Waals surface area contributed by atoms with E-state index in [4.69, 9.17) is 9.47 Å². The van der Waals surface area contributed by atoms with Crippen molar-refractivity contribution in [1.82, 2.24) is 4.57 Å². The maximum Gasteiger partial charge on any atom is 0.338 e. The lowest BCUT2D eigenvalue weighted by Crippen LogP contribution is -2.06. The number of rotatable bonds is 5. The van der Waals surface area contributed by atoms with Gasteiger partial charge in [-0.3, -0.25) is 0 Å². The molecule has 2 aromatic carbocycles. The van der Waals surface area contributed by atoms with Crippen molar-refractivity contribution in [3.8, 4) is 11.4 Å². The van der Waals surface area contributed by atoms with E-state index in [1.807, 2.05) is 36.4 Å². The van der Waals surface area contributed by atoms with Crippen LogP contribution < -0.4 is 4.74 Å². The van der Waals surface area contributed by atoms with Crippen molar-refractivity contribution in [2.45, 2.75) is 20.5 Å². The summed E-state index contributed by atoms with van der Waals surface area (Å²) in [7, 11) is 1.62. The SMILES string of the molecule is COc1ccc(COC(=O)c2ccc(-n3c(C)ccc3C)cc2)cc1. The third kappa shape index (κ3) is 3.74. The first-order chi connectivity index (χ1) is 12.1. The fourth-order valence-corrected chi connectivity index (χ4v) is 2.78. The Morgan fingerprint density at radius 2 is 1.48 bits per heavy atom. The maximum absolute atomic E-state index is 12.2. The molecule has 1 heterocycles. The summed E-state index contributed by atoms with van der Waals surface area (Å²) in [6, 6.07) is 19.1. The van der Waals surface area contributed by atoms with Crippen molar-refractivity contribution in [1.29, 1.82) is 0 Å². The van der Waals surface area contributed by atoms with Gasteiger partial charge in [0.15, 0.2) is 0 Å². The van der Waals surface area contributed by atoms with E-state index in [1.54, 1.807) is 19.2 Å². The summed E-state index contributed by atoms with van der Waals surface area (Å²) in [6.45, 7) is 4.36. The van der Waals surface area contributed by atoms with Crippen LogP contribution in [0.2, 0.25) is 0 Å². The predicted molar refractivity (Wildman–Crippen MR) is 97.4 cm³/mol. The molecule has 0 aliphatic rings. The normalized spacial score (nSPS) is 10.5. The van der Waals surface area contributed by atoms with Crippen LogP contribution in [0.4, 0.5) is 0 Å². The zero-order valence-corrected chi connectivity index (χ0v) is 14.7. The zero-order chi connectivity index (χ0) is 17.8. The number of carbonyl (C=O) groups is 1. The van der Waals surface area contributed by atoms with E-state index in [2.05, 4.69) is 30.5 Å². The van der Waals surface area contributed by atoms with E-state index in [0.717, 1.165) is 28.4 Å². The Bertz CT molecular complexity index is 842. The van der Waals surface area contributed by atoms with Crippen LogP contribution in [0.15, 0.2) is 60.7 Å². The van der Waals surface area contributed by atoms with Crippen LogP contribution in [-0.4, -0.2) is 17.6 Å². The van der Waals surface area contributed by atoms with E-state index in [9.17, 15) is 4.79 Å². The van der Waals surface area contributed by atoms with Crippen molar-refractivity contribution in [2.75, 3.05) is 7.11 Å². The Hall–Kier alpha value is -3.01. The third-order valence-corrected chi connectivity index (χ3v) is 4.16. The maximum atomic E-state index is 12.2. The first-order valence-electron chi connectivity index (χ1n) is 8.14. The van der Waals surface area contributed by atoms with Crippen LogP contribution in [0, 0.1) is 13.8 Å². The number of methoxy groups -OCH3 is 1. The fraction of sp³-hybridized carbons (Fsp3) is 0.190. The molecule has 0 saturated carbocycles. The number of esters is 1. The largest absolute Gasteiger partial charge is 0.497 e. The average Bonchev–Trinajstić information content (AvgIpc) is 2.98. The summed E-state index contributed by atoms with van der Waals surface area (Å²) in [5.41, 5.74) is 4.82. The standard InChI is InChI=1S/C21H21NO3/c1-15-4-5-16(2)22(15)19-10-8-18(9-11-19)21(23)25-14-17-6-12-20(24-3)13-7-17/h4-13H,14H2,1-3H3. The number of hydrogen-bond acceptors (Lipinski definition) is 3. The average molecular weight is 335 g/mol. The smallest absolute Gasteiger partial charge is 0.338 e. The first kappa shape index (κ1) is 16.8. The summed E-state index contributed by atoms with van der Waals surface area (Å²) in [6.07, 6.45) is 0. The molecule has 128 valence electrons. The van der Waals surface area contributed by atoms with Crippen LogP contribution in [-0.2, 0) is 11.3 Å². The Morgan fingerprint density at radius 1 is 0.880 bits per heavy atom. The van der Waals surface area contributed by atoms with Crippen LogP contribution in [0.5, 0.6) is 5.75 Å². The molecule has 0 spiro atoms. The summed E-state index contributed by atoms with van der Waals surface area (Å²) in [5.74, 6) is 0.449. The van der Waals surface area contributed by atoms with Gasteiger partial charge in [-0.15, -0.1) is 0 Å². The minimum Gasteiger partial charge on any atom is -0.497 e. The molecule has 4 nitrogen and oxygen atoms in total. The number of carbonyl (C=O) groups excluding carboxylic acids is 1. The molecule has 1 aromatic heterocycles. The molecule has 0 atom stereocenters. The molecule has 0 saturated heterocycles. The lowest BCUT2D eigenvalue weighted by atomic mass is 10.2. The molecule has 0 unspecified atom stereocenters. The number of ether oxygens (including phenoxy) is 2. The van der Waals surface area contributed by atoms with Crippen molar-refractivity contribution in [2.24, 2.45) is 0 Å². The summed E-state index contributed by atoms with van der Waals surface area (Å²) in [5, 5.41) is 0. The van der Waals surface area contributed by atoms with Crippen molar-refractivity contribution in [3.05, 3.63) is 83.2 Å². The lowest BCUT2D eigenvalue weighted by Gasteiger charge is -2.10. The molecule has 0 bridgehead atoms. The summed E-state index contributed by atoms with van der Waals surface area (Å²) in [4.78, 5) is 12.2. The Balaban J connectivity index is 1.66. The number of benzene rings is 2. The van der Waals surface area contributed by atoms with Crippen LogP contribution >= 0.6 is 0 Å². The minimum absolute atomic E-state index is 0.237. The van der Waals surface area contributed by atoms with Gasteiger partial charge < -0.3 is 14.0 Å². The molecule has 0 N–H and O–H groups in total. The highest BCUT2D eigenvalue weighted by Crippen LogP contribution is 2.18. The van der Waals surface area contributed by atoms with E-state index >= 15 is 0 Å². The molecule has 0 aliphatic carbocycles. The molecule has 4 heteroatoms. The van der Waals surface area contributed by atoms with Crippen LogP contribution in [0.25, 0.3) is 5.69 Å². The number of aromatic nitrogens is 1. The van der Waals surface area contributed by atoms with Gasteiger partial charge in [-0.25, -0.2) is 4.79 Å². The number of nitrogens with zero attached hydrogens (tertiary/aromatic N) is 1. The second-order valence-electron chi connectivity index (χ2n) is 5.92. The summed E-state index contributed by atoms with van der Waals surface area (Å²) < 4.78 is 12.6. The van der Waals surface area contributed by atoms with Crippen molar-refractivity contribution < 1.29 is 14.3 Å². The second-order valence-corrected chi connectivity index (χ2v) is 5.92. The molecule has 0 amide bonds. The van der Waals surface area contributed by atoms with Gasteiger partial charge in [0.1, 0.15) is 12.4 Å². The highest BCUT2D eigenvalue weighted by atomic mass is 16.5. The molecular weight excluding hydrogens is 314 g/mol. The topological polar surface area (TPSA) is 40.5 Å². The van der Waals surface area contributed by atoms with Gasteiger partial charge in [-0.1, -0.05) is 12.1 Å². The Morgan fingerprint density at radius 3 is 2.04 bits per heavy atom. The molecule has 0 fully saturated rings. The van der Waals surface area contributed by atoms with Gasteiger partial charge in [0.2, 0.25) is 0 Å². The van der Waals surface area contributed by atoms with E-state index in [-0.39, 0.29) is 12.6 Å². The van der Waals surface area contributed by atoms with E-state index < -0.39 is 0 Å². The third-order valence-electron chi connectivity index (χ3n) is 4.16. The Kier molecular flexibility index (Phi) is 4.89. The van der Waals surface area contributed by atoms with Gasteiger partial charge in [-0.2, -0.15) is 0 Å². The molecule has 3 rings (SSSR count). The van der Waals surface area contributed by atoms with Gasteiger partial charge in [-0.05, 0) is 67.9 Å². The van der Waals surface area contributed by atoms with Crippen molar-refractivity contribution in [3.63, 3.8) is 0 Å². The zero-order valence-electron chi connectivity index (χ0n) is 14.7. The van der Waals surface area contributed by atoms with E-state index in [0.29, 0.717) is 5.56 Å². The van der Waals surface area contributed by atoms with Gasteiger partial charge in [0.05, 0.1) is 12.7 Å². The molecule has 0 radical (unpaired) electrons. The highest BCUT2D eigenvalue weighted by molar-refractivity contribution is 5.89. The molecule has 3 aromatic rings. The van der Waals surface area contributed by atoms with Gasteiger partial charge >= 0.3 is 5.97 Å². The second kappa shape index (κ2) is 7.26. The number of hydrogen-bond donors (Lipinski definition) is 0. The monoisotopic (exact) mass is 335 g/mol. The molecule has 25 heavy (non-hydrogen) atoms. The number of aryl methyl sites for hydroxylation is 2.